The van der Waals surface area contributed by atoms with Gasteiger partial charge >= 0.3 is 0 Å². The molecule has 0 aliphatic carbocycles. The first-order valence-corrected chi connectivity index (χ1v) is 5.01. The Balaban J connectivity index is 3.40. The highest BCUT2D eigenvalue weighted by Crippen LogP contribution is 2.12. The number of aliphatic hydroxyl groups excluding tert-OH is 2. The Hall–Kier alpha value is -0.120. The third-order valence-corrected chi connectivity index (χ3v) is 2.29. The Kier molecular flexibility index (Phi) is 7.23. The van der Waals surface area contributed by atoms with Crippen molar-refractivity contribution < 1.29 is 14.9 Å². The zero-order chi connectivity index (χ0) is 10.3. The van der Waals surface area contributed by atoms with Crippen molar-refractivity contribution >= 4 is 0 Å². The average molecular weight is 190 g/mol. The molecule has 0 aliphatic rings. The minimum Gasteiger partial charge on any atom is -0.393 e. The van der Waals surface area contributed by atoms with E-state index in [1.165, 1.54) is 0 Å². The summed E-state index contributed by atoms with van der Waals surface area (Å²) < 4.78 is 5.08. The van der Waals surface area contributed by atoms with Crippen molar-refractivity contribution in [3.05, 3.63) is 0 Å². The molecule has 0 spiro atoms. The van der Waals surface area contributed by atoms with Gasteiger partial charge in [-0.3, -0.25) is 0 Å². The van der Waals surface area contributed by atoms with Crippen molar-refractivity contribution in [2.45, 2.75) is 45.8 Å². The fourth-order valence-corrected chi connectivity index (χ4v) is 1.03. The van der Waals surface area contributed by atoms with Crippen molar-refractivity contribution in [3.63, 3.8) is 0 Å². The van der Waals surface area contributed by atoms with Gasteiger partial charge in [-0.25, -0.2) is 0 Å². The first-order chi connectivity index (χ1) is 6.07. The Morgan fingerprint density at radius 3 is 2.23 bits per heavy atom. The van der Waals surface area contributed by atoms with Gasteiger partial charge in [0.05, 0.1) is 18.8 Å². The molecule has 3 unspecified atom stereocenters. The Bertz CT molecular complexity index is 115. The first kappa shape index (κ1) is 12.9. The molecule has 0 aromatic carbocycles. The van der Waals surface area contributed by atoms with Crippen LogP contribution < -0.4 is 0 Å². The van der Waals surface area contributed by atoms with Crippen LogP contribution in [-0.2, 0) is 4.74 Å². The topological polar surface area (TPSA) is 49.7 Å². The van der Waals surface area contributed by atoms with E-state index in [-0.39, 0.29) is 18.1 Å². The van der Waals surface area contributed by atoms with Crippen molar-refractivity contribution in [1.82, 2.24) is 0 Å². The second kappa shape index (κ2) is 7.30. The summed E-state index contributed by atoms with van der Waals surface area (Å²) >= 11 is 0. The van der Waals surface area contributed by atoms with Crippen LogP contribution in [0.5, 0.6) is 0 Å². The number of rotatable bonds is 7. The van der Waals surface area contributed by atoms with E-state index in [1.807, 2.05) is 13.8 Å². The van der Waals surface area contributed by atoms with Crippen LogP contribution in [-0.4, -0.2) is 35.6 Å². The summed E-state index contributed by atoms with van der Waals surface area (Å²) in [4.78, 5) is 0. The zero-order valence-electron chi connectivity index (χ0n) is 8.86. The Morgan fingerprint density at radius 2 is 1.77 bits per heavy atom. The summed E-state index contributed by atoms with van der Waals surface area (Å²) in [7, 11) is 0. The van der Waals surface area contributed by atoms with E-state index in [0.29, 0.717) is 19.6 Å². The molecule has 0 heterocycles. The Labute approximate surface area is 80.7 Å². The van der Waals surface area contributed by atoms with E-state index >= 15 is 0 Å². The van der Waals surface area contributed by atoms with Crippen molar-refractivity contribution in [3.8, 4) is 0 Å². The van der Waals surface area contributed by atoms with Crippen LogP contribution in [0.4, 0.5) is 0 Å². The summed E-state index contributed by atoms with van der Waals surface area (Å²) in [6.45, 7) is 6.72. The van der Waals surface area contributed by atoms with Crippen LogP contribution in [0.3, 0.4) is 0 Å². The maximum absolute atomic E-state index is 9.40. The number of hydrogen-bond acceptors (Lipinski definition) is 3. The monoisotopic (exact) mass is 190 g/mol. The van der Waals surface area contributed by atoms with E-state index in [2.05, 4.69) is 0 Å². The summed E-state index contributed by atoms with van der Waals surface area (Å²) in [6.07, 6.45) is 0.860. The largest absolute Gasteiger partial charge is 0.393 e. The lowest BCUT2D eigenvalue weighted by molar-refractivity contribution is 0.0301. The predicted octanol–water partition coefficient (Wildman–Crippen LogP) is 1.18. The fraction of sp³-hybridized carbons (Fsp3) is 1.00. The van der Waals surface area contributed by atoms with E-state index in [4.69, 9.17) is 4.74 Å². The van der Waals surface area contributed by atoms with Gasteiger partial charge in [0.25, 0.3) is 0 Å². The minimum atomic E-state index is -0.388. The van der Waals surface area contributed by atoms with Gasteiger partial charge in [0, 0.05) is 6.61 Å². The molecule has 0 bridgehead atoms. The number of hydrogen-bond donors (Lipinski definition) is 2. The molecule has 3 atom stereocenters. The molecule has 0 aromatic heterocycles. The second-order valence-electron chi connectivity index (χ2n) is 3.61. The zero-order valence-corrected chi connectivity index (χ0v) is 8.86. The van der Waals surface area contributed by atoms with Gasteiger partial charge in [-0.1, -0.05) is 6.92 Å². The fourth-order valence-electron chi connectivity index (χ4n) is 1.03. The standard InChI is InChI=1S/C10H22O3/c1-4-13-7-10(12)6-5-8(2)9(3)11/h8-12H,4-7H2,1-3H3. The van der Waals surface area contributed by atoms with E-state index < -0.39 is 0 Å². The highest BCUT2D eigenvalue weighted by atomic mass is 16.5. The lowest BCUT2D eigenvalue weighted by atomic mass is 9.98. The van der Waals surface area contributed by atoms with Crippen LogP contribution in [0.1, 0.15) is 33.6 Å². The van der Waals surface area contributed by atoms with E-state index in [9.17, 15) is 10.2 Å². The quantitative estimate of drug-likeness (QED) is 0.634. The summed E-state index contributed by atoms with van der Waals surface area (Å²) in [5.41, 5.74) is 0. The number of aliphatic hydroxyl groups is 2. The molecule has 0 aromatic rings. The minimum absolute atomic E-state index is 0.247. The van der Waals surface area contributed by atoms with Gasteiger partial charge in [0.2, 0.25) is 0 Å². The van der Waals surface area contributed by atoms with Crippen LogP contribution in [0.15, 0.2) is 0 Å². The highest BCUT2D eigenvalue weighted by Gasteiger charge is 2.11. The van der Waals surface area contributed by atoms with Crippen LogP contribution in [0.25, 0.3) is 0 Å². The lowest BCUT2D eigenvalue weighted by Crippen LogP contribution is -2.19. The van der Waals surface area contributed by atoms with Gasteiger partial charge in [0.1, 0.15) is 0 Å². The van der Waals surface area contributed by atoms with Gasteiger partial charge in [-0.15, -0.1) is 0 Å². The molecule has 0 amide bonds. The molecule has 0 saturated carbocycles. The third-order valence-electron chi connectivity index (χ3n) is 2.29. The number of ether oxygens (including phenoxy) is 1. The SMILES string of the molecule is CCOCC(O)CCC(C)C(C)O. The lowest BCUT2D eigenvalue weighted by Gasteiger charge is -2.16. The summed E-state index contributed by atoms with van der Waals surface area (Å²) in [5, 5.41) is 18.6. The van der Waals surface area contributed by atoms with Crippen molar-refractivity contribution in [1.29, 1.82) is 0 Å². The first-order valence-electron chi connectivity index (χ1n) is 5.01. The van der Waals surface area contributed by atoms with Crippen molar-refractivity contribution in [2.24, 2.45) is 5.92 Å². The van der Waals surface area contributed by atoms with Gasteiger partial charge in [-0.2, -0.15) is 0 Å². The third kappa shape index (κ3) is 6.99. The maximum atomic E-state index is 9.40. The smallest absolute Gasteiger partial charge is 0.0773 e. The van der Waals surface area contributed by atoms with Crippen LogP contribution in [0, 0.1) is 5.92 Å². The molecule has 3 nitrogen and oxygen atoms in total. The molecular weight excluding hydrogens is 168 g/mol. The molecule has 0 saturated heterocycles. The normalized spacial score (nSPS) is 18.2. The Morgan fingerprint density at radius 1 is 1.15 bits per heavy atom. The molecule has 0 rings (SSSR count). The molecule has 0 radical (unpaired) electrons. The van der Waals surface area contributed by atoms with Gasteiger partial charge < -0.3 is 14.9 Å². The highest BCUT2D eigenvalue weighted by molar-refractivity contribution is 4.62. The van der Waals surface area contributed by atoms with E-state index in [0.717, 1.165) is 6.42 Å². The average Bonchev–Trinajstić information content (AvgIpc) is 2.10. The molecular formula is C10H22O3. The summed E-state index contributed by atoms with van der Waals surface area (Å²) in [5.74, 6) is 0.247. The second-order valence-corrected chi connectivity index (χ2v) is 3.61. The molecule has 0 fully saturated rings. The van der Waals surface area contributed by atoms with Crippen LogP contribution >= 0.6 is 0 Å². The molecule has 2 N–H and O–H groups in total. The van der Waals surface area contributed by atoms with Crippen molar-refractivity contribution in [2.75, 3.05) is 13.2 Å². The molecule has 0 aliphatic heterocycles. The predicted molar refractivity (Wildman–Crippen MR) is 52.6 cm³/mol. The van der Waals surface area contributed by atoms with Gasteiger partial charge in [0.15, 0.2) is 0 Å². The molecule has 13 heavy (non-hydrogen) atoms. The molecule has 3 heteroatoms. The maximum Gasteiger partial charge on any atom is 0.0773 e. The van der Waals surface area contributed by atoms with E-state index in [1.54, 1.807) is 6.92 Å². The molecule has 80 valence electrons. The summed E-state index contributed by atoms with van der Waals surface area (Å²) in [6, 6.07) is 0. The van der Waals surface area contributed by atoms with Crippen LogP contribution in [0.2, 0.25) is 0 Å². The van der Waals surface area contributed by atoms with Gasteiger partial charge in [-0.05, 0) is 32.6 Å².